The number of rotatable bonds is 3. The van der Waals surface area contributed by atoms with Crippen LogP contribution in [0.15, 0.2) is 58.9 Å². The molecule has 2 aliphatic rings. The summed E-state index contributed by atoms with van der Waals surface area (Å²) in [6.07, 6.45) is 3.10. The Bertz CT molecular complexity index is 1200. The Morgan fingerprint density at radius 3 is 2.77 bits per heavy atom. The van der Waals surface area contributed by atoms with Gasteiger partial charge in [0.25, 0.3) is 0 Å². The number of phenols is 1. The Morgan fingerprint density at radius 1 is 1.13 bits per heavy atom. The summed E-state index contributed by atoms with van der Waals surface area (Å²) in [5.41, 5.74) is 1.73. The van der Waals surface area contributed by atoms with Crippen molar-refractivity contribution < 1.29 is 33.3 Å². The van der Waals surface area contributed by atoms with Crippen LogP contribution in [0.4, 0.5) is 0 Å². The number of ether oxygens (including phenoxy) is 3. The molecular weight excluding hydrogens is 388 g/mol. The minimum absolute atomic E-state index is 0.00625. The fourth-order valence-electron chi connectivity index (χ4n) is 3.80. The second-order valence-electron chi connectivity index (χ2n) is 6.97. The van der Waals surface area contributed by atoms with Crippen molar-refractivity contribution in [3.63, 3.8) is 0 Å². The van der Waals surface area contributed by atoms with Crippen LogP contribution in [0.1, 0.15) is 39.6 Å². The lowest BCUT2D eigenvalue weighted by Gasteiger charge is -2.26. The molecule has 0 saturated carbocycles. The Balaban J connectivity index is 1.64. The molecule has 3 heterocycles. The van der Waals surface area contributed by atoms with Crippen LogP contribution in [-0.2, 0) is 4.79 Å². The number of allylic oxidation sites excluding steroid dienone is 1. The lowest BCUT2D eigenvalue weighted by molar-refractivity contribution is -0.135. The minimum Gasteiger partial charge on any atom is -0.504 e. The van der Waals surface area contributed by atoms with E-state index in [4.69, 9.17) is 18.6 Å². The van der Waals surface area contributed by atoms with Crippen molar-refractivity contribution in [2.45, 2.75) is 12.3 Å². The third-order valence-corrected chi connectivity index (χ3v) is 5.20. The summed E-state index contributed by atoms with van der Waals surface area (Å²) in [4.78, 5) is 25.1. The molecule has 0 aliphatic carbocycles. The second-order valence-corrected chi connectivity index (χ2v) is 6.97. The van der Waals surface area contributed by atoms with E-state index in [0.29, 0.717) is 28.4 Å². The molecule has 2 aliphatic heterocycles. The SMILES string of the molecule is COc1cc([C@H]2CC(=O)Oc3ccc4c(c32)O/C(=C\c2ccco2)C4=O)ccc1O. The largest absolute Gasteiger partial charge is 0.504 e. The van der Waals surface area contributed by atoms with E-state index < -0.39 is 11.9 Å². The maximum atomic E-state index is 12.9. The van der Waals surface area contributed by atoms with Crippen LogP contribution >= 0.6 is 0 Å². The summed E-state index contributed by atoms with van der Waals surface area (Å²) in [7, 11) is 1.45. The highest BCUT2D eigenvalue weighted by Gasteiger charge is 2.38. The second kappa shape index (κ2) is 6.81. The Labute approximate surface area is 171 Å². The number of methoxy groups -OCH3 is 1. The number of carbonyl (C=O) groups excluding carboxylic acids is 2. The third kappa shape index (κ3) is 2.83. The number of ketones is 1. The number of Topliss-reactive ketones (excluding diaryl/α,β-unsaturated/α-hetero) is 1. The molecule has 0 unspecified atom stereocenters. The van der Waals surface area contributed by atoms with Crippen LogP contribution in [-0.4, -0.2) is 24.0 Å². The van der Waals surface area contributed by atoms with E-state index in [1.54, 1.807) is 36.4 Å². The van der Waals surface area contributed by atoms with Gasteiger partial charge in [-0.3, -0.25) is 9.59 Å². The van der Waals surface area contributed by atoms with E-state index in [-0.39, 0.29) is 29.5 Å². The van der Waals surface area contributed by atoms with E-state index in [2.05, 4.69) is 0 Å². The van der Waals surface area contributed by atoms with Gasteiger partial charge in [-0.2, -0.15) is 0 Å². The fraction of sp³-hybridized carbons (Fsp3) is 0.130. The first-order chi connectivity index (χ1) is 14.5. The highest BCUT2D eigenvalue weighted by molar-refractivity contribution is 6.15. The predicted octanol–water partition coefficient (Wildman–Crippen LogP) is 4.05. The number of benzene rings is 2. The molecule has 0 saturated heterocycles. The number of hydrogen-bond donors (Lipinski definition) is 1. The van der Waals surface area contributed by atoms with Crippen LogP contribution < -0.4 is 14.2 Å². The van der Waals surface area contributed by atoms with E-state index in [1.165, 1.54) is 25.5 Å². The zero-order valence-corrected chi connectivity index (χ0v) is 15.9. The van der Waals surface area contributed by atoms with Gasteiger partial charge in [0.2, 0.25) is 5.78 Å². The van der Waals surface area contributed by atoms with Gasteiger partial charge in [-0.15, -0.1) is 0 Å². The highest BCUT2D eigenvalue weighted by atomic mass is 16.5. The van der Waals surface area contributed by atoms with Crippen molar-refractivity contribution in [3.05, 3.63) is 76.9 Å². The molecule has 0 spiro atoms. The minimum atomic E-state index is -0.429. The van der Waals surface area contributed by atoms with Crippen LogP contribution in [0, 0.1) is 0 Å². The van der Waals surface area contributed by atoms with Crippen LogP contribution in [0.2, 0.25) is 0 Å². The third-order valence-electron chi connectivity index (χ3n) is 5.20. The number of furan rings is 1. The molecule has 1 atom stereocenters. The lowest BCUT2D eigenvalue weighted by Crippen LogP contribution is -2.21. The summed E-state index contributed by atoms with van der Waals surface area (Å²) in [6, 6.07) is 11.5. The number of carbonyl (C=O) groups is 2. The molecule has 0 fully saturated rings. The molecule has 2 aromatic carbocycles. The molecule has 3 aromatic rings. The highest BCUT2D eigenvalue weighted by Crippen LogP contribution is 2.49. The summed E-state index contributed by atoms with van der Waals surface area (Å²) in [5.74, 6) is 0.511. The van der Waals surface area contributed by atoms with Crippen molar-refractivity contribution in [2.24, 2.45) is 0 Å². The van der Waals surface area contributed by atoms with E-state index in [1.807, 2.05) is 0 Å². The van der Waals surface area contributed by atoms with Gasteiger partial charge in [-0.25, -0.2) is 0 Å². The first-order valence-corrected chi connectivity index (χ1v) is 9.27. The molecule has 150 valence electrons. The molecule has 0 bridgehead atoms. The molecular formula is C23H16O7. The number of fused-ring (bicyclic) bond motifs is 3. The maximum Gasteiger partial charge on any atom is 0.312 e. The van der Waals surface area contributed by atoms with Crippen molar-refractivity contribution in [3.8, 4) is 23.0 Å². The van der Waals surface area contributed by atoms with Gasteiger partial charge in [0.05, 0.1) is 25.4 Å². The zero-order chi connectivity index (χ0) is 20.8. The van der Waals surface area contributed by atoms with Gasteiger partial charge in [-0.1, -0.05) is 6.07 Å². The van der Waals surface area contributed by atoms with Gasteiger partial charge in [0.15, 0.2) is 17.3 Å². The number of esters is 1. The Morgan fingerprint density at radius 2 is 2.00 bits per heavy atom. The topological polar surface area (TPSA) is 95.2 Å². The van der Waals surface area contributed by atoms with Crippen molar-refractivity contribution in [1.29, 1.82) is 0 Å². The summed E-state index contributed by atoms with van der Waals surface area (Å²) < 4.78 is 21.8. The molecule has 30 heavy (non-hydrogen) atoms. The average Bonchev–Trinajstić information content (AvgIpc) is 3.36. The number of hydrogen-bond acceptors (Lipinski definition) is 7. The Hall–Kier alpha value is -4.00. The standard InChI is InChI=1S/C23H16O7/c1-27-18-9-12(4-6-16(18)24)15-11-20(25)29-17-7-5-14-22(26)19(30-23(14)21(15)17)10-13-3-2-8-28-13/h2-10,15,24H,11H2,1H3/b19-10-/t15-/m1/s1. The molecule has 5 rings (SSSR count). The first-order valence-electron chi connectivity index (χ1n) is 9.27. The van der Waals surface area contributed by atoms with Gasteiger partial charge in [0.1, 0.15) is 17.3 Å². The summed E-state index contributed by atoms with van der Waals surface area (Å²) >= 11 is 0. The van der Waals surface area contributed by atoms with Crippen LogP contribution in [0.5, 0.6) is 23.0 Å². The normalized spacial score (nSPS) is 18.6. The molecule has 1 N–H and O–H groups in total. The predicted molar refractivity (Wildman–Crippen MR) is 105 cm³/mol. The fourth-order valence-corrected chi connectivity index (χ4v) is 3.80. The molecule has 0 radical (unpaired) electrons. The van der Waals surface area contributed by atoms with Crippen LogP contribution in [0.25, 0.3) is 6.08 Å². The van der Waals surface area contributed by atoms with E-state index in [0.717, 1.165) is 5.56 Å². The summed E-state index contributed by atoms with van der Waals surface area (Å²) in [5, 5.41) is 9.92. The number of phenolic OH excluding ortho intramolecular Hbond substituents is 1. The quantitative estimate of drug-likeness (QED) is 0.400. The summed E-state index contributed by atoms with van der Waals surface area (Å²) in [6.45, 7) is 0. The van der Waals surface area contributed by atoms with Gasteiger partial charge in [-0.05, 0) is 42.0 Å². The molecule has 7 nitrogen and oxygen atoms in total. The molecule has 0 amide bonds. The van der Waals surface area contributed by atoms with Gasteiger partial charge >= 0.3 is 5.97 Å². The zero-order valence-electron chi connectivity index (χ0n) is 15.9. The van der Waals surface area contributed by atoms with Crippen molar-refractivity contribution in [1.82, 2.24) is 0 Å². The monoisotopic (exact) mass is 404 g/mol. The van der Waals surface area contributed by atoms with Crippen LogP contribution in [0.3, 0.4) is 0 Å². The first kappa shape index (κ1) is 18.1. The van der Waals surface area contributed by atoms with Crippen molar-refractivity contribution >= 4 is 17.8 Å². The van der Waals surface area contributed by atoms with E-state index >= 15 is 0 Å². The average molecular weight is 404 g/mol. The smallest absolute Gasteiger partial charge is 0.312 e. The lowest BCUT2D eigenvalue weighted by atomic mass is 9.84. The van der Waals surface area contributed by atoms with Gasteiger partial charge in [0, 0.05) is 17.6 Å². The molecule has 1 aromatic heterocycles. The number of aromatic hydroxyl groups is 1. The molecule has 7 heteroatoms. The van der Waals surface area contributed by atoms with Crippen molar-refractivity contribution in [2.75, 3.05) is 7.11 Å². The van der Waals surface area contributed by atoms with Gasteiger partial charge < -0.3 is 23.7 Å². The van der Waals surface area contributed by atoms with E-state index in [9.17, 15) is 14.7 Å². The maximum absolute atomic E-state index is 12.9. The Kier molecular flexibility index (Phi) is 4.10.